The number of carbonyl (C=O) groups excluding carboxylic acids is 1. The molecule has 1 aliphatic heterocycles. The number of amidine groups is 1. The van der Waals surface area contributed by atoms with E-state index < -0.39 is 25.3 Å². The van der Waals surface area contributed by atoms with Gasteiger partial charge < -0.3 is 10.1 Å². The number of rotatable bonds is 10. The van der Waals surface area contributed by atoms with Crippen molar-refractivity contribution in [2.24, 2.45) is 4.99 Å². The Labute approximate surface area is 240 Å². The van der Waals surface area contributed by atoms with Gasteiger partial charge in [-0.1, -0.05) is 47.7 Å². The van der Waals surface area contributed by atoms with Crippen LogP contribution >= 0.6 is 34.7 Å². The number of benzene rings is 1. The Morgan fingerprint density at radius 2 is 1.85 bits per heavy atom. The lowest BCUT2D eigenvalue weighted by Crippen LogP contribution is -2.40. The van der Waals surface area contributed by atoms with E-state index in [1.54, 1.807) is 19.2 Å². The number of allylic oxidation sites excluding steroid dienone is 1. The fourth-order valence-electron chi connectivity index (χ4n) is 5.62. The lowest BCUT2D eigenvalue weighted by molar-refractivity contribution is -0.138. The number of aliphatic imine (C=N–C) groups is 1. The van der Waals surface area contributed by atoms with Crippen LogP contribution in [0.3, 0.4) is 0 Å². The monoisotopic (exact) mass is 637 g/mol. The molecule has 2 heterocycles. The summed E-state index contributed by atoms with van der Waals surface area (Å²) in [7, 11) is -3.20. The van der Waals surface area contributed by atoms with Gasteiger partial charge in [0, 0.05) is 33.8 Å². The number of ether oxygens (including phenoxy) is 1. The standard InChI is InChI=1S/C27H34BrFN5O3PS/c1-2-37-27(35)23-22(16-38(36,33-18-7-3-4-8-18)34-19-9-5-6-10-19)31-25(26-30-13-14-39-26)32-24(23)20-12-11-17(29)15-21(20)28/h11-15,18-19,24H,2-10,16H2,1H3,(H,31,32)(H2,33,34,36). The molecule has 1 aromatic carbocycles. The predicted molar refractivity (Wildman–Crippen MR) is 156 cm³/mol. The Morgan fingerprint density at radius 1 is 1.18 bits per heavy atom. The summed E-state index contributed by atoms with van der Waals surface area (Å²) >= 11 is 4.88. The molecule has 0 amide bonds. The molecule has 12 heteroatoms. The van der Waals surface area contributed by atoms with Gasteiger partial charge in [0.25, 0.3) is 0 Å². The first-order valence-electron chi connectivity index (χ1n) is 13.6. The largest absolute Gasteiger partial charge is 0.463 e. The Balaban J connectivity index is 1.60. The molecule has 2 aromatic rings. The smallest absolute Gasteiger partial charge is 0.338 e. The lowest BCUT2D eigenvalue weighted by atomic mass is 9.96. The molecule has 0 saturated heterocycles. The van der Waals surface area contributed by atoms with E-state index in [1.807, 2.05) is 5.38 Å². The number of halogens is 2. The normalized spacial score (nSPS) is 20.8. The van der Waals surface area contributed by atoms with Crippen LogP contribution in [-0.4, -0.2) is 41.6 Å². The molecule has 3 N–H and O–H groups in total. The third kappa shape index (κ3) is 6.88. The van der Waals surface area contributed by atoms with Crippen LogP contribution in [0.25, 0.3) is 0 Å². The van der Waals surface area contributed by atoms with Crippen molar-refractivity contribution in [1.82, 2.24) is 20.5 Å². The number of thiazole rings is 1. The summed E-state index contributed by atoms with van der Waals surface area (Å²) < 4.78 is 34.7. The second-order valence-corrected chi connectivity index (χ2v) is 14.3. The van der Waals surface area contributed by atoms with E-state index in [0.29, 0.717) is 26.6 Å². The average Bonchev–Trinajstić information content (AvgIpc) is 3.68. The van der Waals surface area contributed by atoms with E-state index in [9.17, 15) is 13.8 Å². The SMILES string of the molecule is CCOC(=O)C1=C(CP(=O)(NC2CCCC2)NC2CCCC2)NC(c2nccs2)=NC1c1ccc(F)cc1Br. The van der Waals surface area contributed by atoms with E-state index in [-0.39, 0.29) is 30.4 Å². The van der Waals surface area contributed by atoms with E-state index in [0.717, 1.165) is 51.4 Å². The van der Waals surface area contributed by atoms with Crippen LogP contribution in [0.1, 0.15) is 74.9 Å². The number of nitrogens with zero attached hydrogens (tertiary/aromatic N) is 2. The summed E-state index contributed by atoms with van der Waals surface area (Å²) in [6, 6.07) is 3.83. The van der Waals surface area contributed by atoms with Crippen molar-refractivity contribution in [2.45, 2.75) is 76.4 Å². The van der Waals surface area contributed by atoms with Gasteiger partial charge in [-0.25, -0.2) is 14.2 Å². The van der Waals surface area contributed by atoms with Crippen LogP contribution in [-0.2, 0) is 14.1 Å². The zero-order valence-corrected chi connectivity index (χ0v) is 25.2. The minimum absolute atomic E-state index is 0.0772. The van der Waals surface area contributed by atoms with Gasteiger partial charge in [0.05, 0.1) is 18.3 Å². The number of aromatic nitrogens is 1. The van der Waals surface area contributed by atoms with Crippen LogP contribution in [0.15, 0.2) is 50.5 Å². The number of hydrogen-bond donors (Lipinski definition) is 3. The van der Waals surface area contributed by atoms with E-state index >= 15 is 0 Å². The summed E-state index contributed by atoms with van der Waals surface area (Å²) in [4.78, 5) is 22.8. The topological polar surface area (TPSA) is 105 Å². The van der Waals surface area contributed by atoms with Crippen molar-refractivity contribution in [3.8, 4) is 0 Å². The summed E-state index contributed by atoms with van der Waals surface area (Å²) in [5.74, 6) is -0.476. The Hall–Kier alpha value is -1.91. The first kappa shape index (κ1) is 28.6. The number of esters is 1. The molecule has 2 saturated carbocycles. The van der Waals surface area contributed by atoms with Gasteiger partial charge in [-0.2, -0.15) is 0 Å². The van der Waals surface area contributed by atoms with Gasteiger partial charge in [-0.05, 0) is 50.3 Å². The molecule has 0 spiro atoms. The Kier molecular flexibility index (Phi) is 9.34. The Morgan fingerprint density at radius 3 is 2.41 bits per heavy atom. The first-order valence-corrected chi connectivity index (χ1v) is 17.2. The molecule has 0 radical (unpaired) electrons. The molecule has 39 heavy (non-hydrogen) atoms. The van der Waals surface area contributed by atoms with Crippen molar-refractivity contribution in [1.29, 1.82) is 0 Å². The third-order valence-electron chi connectivity index (χ3n) is 7.39. The molecule has 1 unspecified atom stereocenters. The minimum Gasteiger partial charge on any atom is -0.463 e. The molecule has 2 fully saturated rings. The van der Waals surface area contributed by atoms with Crippen LogP contribution in [0, 0.1) is 5.82 Å². The zero-order valence-electron chi connectivity index (χ0n) is 21.9. The maximum absolute atomic E-state index is 14.7. The highest BCUT2D eigenvalue weighted by molar-refractivity contribution is 9.10. The molecule has 3 aliphatic rings. The molecular formula is C27H34BrFN5O3PS. The highest BCUT2D eigenvalue weighted by atomic mass is 79.9. The van der Waals surface area contributed by atoms with Gasteiger partial charge in [-0.15, -0.1) is 11.3 Å². The number of nitrogens with one attached hydrogen (secondary N) is 3. The molecule has 2 aliphatic carbocycles. The molecule has 210 valence electrons. The van der Waals surface area contributed by atoms with Gasteiger partial charge in [-0.3, -0.25) is 19.7 Å². The predicted octanol–water partition coefficient (Wildman–Crippen LogP) is 6.21. The first-order chi connectivity index (χ1) is 18.8. The fourth-order valence-corrected chi connectivity index (χ4v) is 9.42. The molecule has 1 atom stereocenters. The summed E-state index contributed by atoms with van der Waals surface area (Å²) in [5, 5.41) is 12.8. The quantitative estimate of drug-likeness (QED) is 0.210. The van der Waals surface area contributed by atoms with Crippen molar-refractivity contribution in [3.63, 3.8) is 0 Å². The molecule has 0 bridgehead atoms. The second kappa shape index (κ2) is 12.7. The van der Waals surface area contributed by atoms with Crippen molar-refractivity contribution in [3.05, 3.63) is 61.9 Å². The molecule has 8 nitrogen and oxygen atoms in total. The fraction of sp³-hybridized carbons (Fsp3) is 0.519. The summed E-state index contributed by atoms with van der Waals surface area (Å²) in [6.45, 7) is 1.92. The average molecular weight is 639 g/mol. The molecule has 1 aromatic heterocycles. The van der Waals surface area contributed by atoms with Crippen LogP contribution in [0.2, 0.25) is 0 Å². The third-order valence-corrected chi connectivity index (χ3v) is 11.2. The lowest BCUT2D eigenvalue weighted by Gasteiger charge is -2.32. The second-order valence-electron chi connectivity index (χ2n) is 10.2. The van der Waals surface area contributed by atoms with E-state index in [2.05, 4.69) is 36.4 Å². The molecule has 5 rings (SSSR count). The van der Waals surface area contributed by atoms with Gasteiger partial charge in [0.1, 0.15) is 11.9 Å². The number of carbonyl (C=O) groups is 1. The molecular weight excluding hydrogens is 604 g/mol. The minimum atomic E-state index is -3.20. The van der Waals surface area contributed by atoms with Crippen LogP contribution in [0.5, 0.6) is 0 Å². The van der Waals surface area contributed by atoms with E-state index in [1.165, 1.54) is 23.5 Å². The van der Waals surface area contributed by atoms with Gasteiger partial charge in [0.15, 0.2) is 10.8 Å². The van der Waals surface area contributed by atoms with Crippen LogP contribution < -0.4 is 15.5 Å². The van der Waals surface area contributed by atoms with Crippen molar-refractivity contribution in [2.75, 3.05) is 12.8 Å². The van der Waals surface area contributed by atoms with Crippen LogP contribution in [0.4, 0.5) is 4.39 Å². The summed E-state index contributed by atoms with van der Waals surface area (Å²) in [5.41, 5.74) is 1.36. The van der Waals surface area contributed by atoms with E-state index in [4.69, 9.17) is 9.73 Å². The van der Waals surface area contributed by atoms with Gasteiger partial charge >= 0.3 is 5.97 Å². The zero-order chi connectivity index (χ0) is 27.4. The summed E-state index contributed by atoms with van der Waals surface area (Å²) in [6.07, 6.45) is 10.1. The maximum Gasteiger partial charge on any atom is 0.338 e. The van der Waals surface area contributed by atoms with Gasteiger partial charge in [0.2, 0.25) is 7.44 Å². The van der Waals surface area contributed by atoms with Crippen molar-refractivity contribution < 1.29 is 18.5 Å². The number of hydrogen-bond acceptors (Lipinski definition) is 7. The highest BCUT2D eigenvalue weighted by Gasteiger charge is 2.39. The highest BCUT2D eigenvalue weighted by Crippen LogP contribution is 2.46. The maximum atomic E-state index is 14.7. The van der Waals surface area contributed by atoms with Crippen molar-refractivity contribution >= 4 is 46.5 Å². The Bertz CT molecular complexity index is 1270.